The van der Waals surface area contributed by atoms with Gasteiger partial charge in [0.05, 0.1) is 31.1 Å². The minimum atomic E-state index is -0.584. The van der Waals surface area contributed by atoms with Crippen LogP contribution in [-0.4, -0.2) is 48.9 Å². The maximum Gasteiger partial charge on any atom is 0.315 e. The summed E-state index contributed by atoms with van der Waals surface area (Å²) in [4.78, 5) is 38.2. The number of amides is 2. The lowest BCUT2D eigenvalue weighted by Gasteiger charge is -2.32. The number of ether oxygens (including phenoxy) is 2. The number of aryl methyl sites for hydroxylation is 1. The number of carbonyl (C=O) groups excluding carboxylic acids is 2. The van der Waals surface area contributed by atoms with Gasteiger partial charge in [-0.25, -0.2) is 0 Å². The number of rotatable bonds is 8. The lowest BCUT2D eigenvalue weighted by Crippen LogP contribution is -2.38. The Kier molecular flexibility index (Phi) is 8.25. The van der Waals surface area contributed by atoms with Gasteiger partial charge < -0.3 is 19.7 Å². The van der Waals surface area contributed by atoms with E-state index in [0.717, 1.165) is 35.2 Å². The number of hydrogen-bond acceptors (Lipinski definition) is 6. The van der Waals surface area contributed by atoms with Gasteiger partial charge in [-0.1, -0.05) is 42.0 Å². The quantitative estimate of drug-likeness (QED) is 0.328. The van der Waals surface area contributed by atoms with Gasteiger partial charge in [0, 0.05) is 24.8 Å². The Morgan fingerprint density at radius 1 is 1.03 bits per heavy atom. The summed E-state index contributed by atoms with van der Waals surface area (Å²) in [5, 5.41) is 14.5. The van der Waals surface area contributed by atoms with Gasteiger partial charge in [0.25, 0.3) is 5.91 Å². The molecule has 2 amide bonds. The molecule has 3 aromatic rings. The van der Waals surface area contributed by atoms with Crippen LogP contribution in [0, 0.1) is 17.0 Å². The highest BCUT2D eigenvalue weighted by molar-refractivity contribution is 5.96. The smallest absolute Gasteiger partial charge is 0.315 e. The maximum atomic E-state index is 13.1. The van der Waals surface area contributed by atoms with Crippen LogP contribution >= 0.6 is 0 Å². The van der Waals surface area contributed by atoms with E-state index in [1.807, 2.05) is 55.5 Å². The van der Waals surface area contributed by atoms with E-state index in [2.05, 4.69) is 5.32 Å². The van der Waals surface area contributed by atoms with Crippen LogP contribution in [0.4, 0.5) is 11.4 Å². The van der Waals surface area contributed by atoms with Crippen molar-refractivity contribution in [1.82, 2.24) is 4.90 Å². The zero-order chi connectivity index (χ0) is 27.2. The van der Waals surface area contributed by atoms with Crippen LogP contribution < -0.4 is 14.8 Å². The fourth-order valence-electron chi connectivity index (χ4n) is 4.85. The average molecular weight is 518 g/mol. The van der Waals surface area contributed by atoms with Crippen LogP contribution in [-0.2, 0) is 11.2 Å². The van der Waals surface area contributed by atoms with Gasteiger partial charge in [0.15, 0.2) is 5.75 Å². The van der Waals surface area contributed by atoms with Gasteiger partial charge in [-0.3, -0.25) is 19.7 Å². The molecule has 1 saturated heterocycles. The van der Waals surface area contributed by atoms with Crippen molar-refractivity contribution < 1.29 is 24.0 Å². The van der Waals surface area contributed by atoms with Crippen LogP contribution in [0.1, 0.15) is 45.8 Å². The summed E-state index contributed by atoms with van der Waals surface area (Å²) >= 11 is 0. The predicted octanol–water partition coefficient (Wildman–Crippen LogP) is 5.12. The first-order chi connectivity index (χ1) is 18.3. The van der Waals surface area contributed by atoms with Crippen molar-refractivity contribution in [3.63, 3.8) is 0 Å². The highest BCUT2D eigenvalue weighted by Crippen LogP contribution is 2.38. The molecule has 0 unspecified atom stereocenters. The molecule has 0 bridgehead atoms. The third-order valence-electron chi connectivity index (χ3n) is 6.80. The molecule has 1 aliphatic rings. The summed E-state index contributed by atoms with van der Waals surface area (Å²) in [5.41, 5.74) is 3.87. The molecule has 4 rings (SSSR count). The Hall–Kier alpha value is -4.40. The number of carbonyl (C=O) groups is 2. The van der Waals surface area contributed by atoms with Crippen molar-refractivity contribution in [3.8, 4) is 11.5 Å². The van der Waals surface area contributed by atoms with Crippen LogP contribution in [0.25, 0.3) is 0 Å². The van der Waals surface area contributed by atoms with Gasteiger partial charge in [-0.2, -0.15) is 0 Å². The molecule has 9 nitrogen and oxygen atoms in total. The number of nitrogens with zero attached hydrogens (tertiary/aromatic N) is 2. The van der Waals surface area contributed by atoms with Crippen LogP contribution in [0.15, 0.2) is 60.7 Å². The van der Waals surface area contributed by atoms with E-state index in [4.69, 9.17) is 9.47 Å². The zero-order valence-corrected chi connectivity index (χ0v) is 21.7. The van der Waals surface area contributed by atoms with E-state index >= 15 is 0 Å². The summed E-state index contributed by atoms with van der Waals surface area (Å²) in [5.74, 6) is 0.0640. The molecule has 0 saturated carbocycles. The topological polar surface area (TPSA) is 111 Å². The molecule has 9 heteroatoms. The molecule has 0 atom stereocenters. The van der Waals surface area contributed by atoms with E-state index in [1.54, 1.807) is 4.90 Å². The number of likely N-dealkylation sites (tertiary alicyclic amines) is 1. The summed E-state index contributed by atoms with van der Waals surface area (Å²) in [7, 11) is 2.70. The largest absolute Gasteiger partial charge is 0.493 e. The van der Waals surface area contributed by atoms with Crippen molar-refractivity contribution >= 4 is 23.2 Å². The first kappa shape index (κ1) is 26.7. The molecule has 1 fully saturated rings. The maximum absolute atomic E-state index is 13.1. The van der Waals surface area contributed by atoms with Gasteiger partial charge in [0.1, 0.15) is 0 Å². The van der Waals surface area contributed by atoms with Crippen LogP contribution in [0.3, 0.4) is 0 Å². The number of piperidine rings is 1. The minimum Gasteiger partial charge on any atom is -0.493 e. The third kappa shape index (κ3) is 6.11. The summed E-state index contributed by atoms with van der Waals surface area (Å²) in [6.45, 7) is 3.06. The number of benzene rings is 3. The highest BCUT2D eigenvalue weighted by atomic mass is 16.6. The fourth-order valence-corrected chi connectivity index (χ4v) is 4.85. The number of hydrogen-bond donors (Lipinski definition) is 1. The van der Waals surface area contributed by atoms with Crippen LogP contribution in [0.2, 0.25) is 0 Å². The lowest BCUT2D eigenvalue weighted by atomic mass is 9.89. The molecule has 38 heavy (non-hydrogen) atoms. The van der Waals surface area contributed by atoms with E-state index in [0.29, 0.717) is 19.5 Å². The monoisotopic (exact) mass is 517 g/mol. The molecule has 0 aliphatic carbocycles. The second-order valence-electron chi connectivity index (χ2n) is 9.39. The van der Waals surface area contributed by atoms with E-state index in [-0.39, 0.29) is 40.5 Å². The molecule has 1 aliphatic heterocycles. The highest BCUT2D eigenvalue weighted by Gasteiger charge is 2.29. The standard InChI is InChI=1S/C29H31N3O6/c1-19-5-4-6-20(15-19)16-27(33)30-24-9-7-21(8-10-24)22-11-13-31(14-12-22)29(34)23-17-25(32(35)36)28(38-3)26(18-23)37-2/h4-10,15,17-18,22H,11-14,16H2,1-3H3,(H,30,33). The first-order valence-corrected chi connectivity index (χ1v) is 12.4. The summed E-state index contributed by atoms with van der Waals surface area (Å²) in [6, 6.07) is 18.5. The molecular formula is C29H31N3O6. The third-order valence-corrected chi connectivity index (χ3v) is 6.80. The summed E-state index contributed by atoms with van der Waals surface area (Å²) in [6.07, 6.45) is 1.85. The van der Waals surface area contributed by atoms with Gasteiger partial charge in [-0.15, -0.1) is 0 Å². The molecule has 1 N–H and O–H groups in total. The van der Waals surface area contributed by atoms with E-state index < -0.39 is 4.92 Å². The Morgan fingerprint density at radius 2 is 1.74 bits per heavy atom. The number of anilines is 1. The molecule has 0 radical (unpaired) electrons. The zero-order valence-electron chi connectivity index (χ0n) is 21.7. The Balaban J connectivity index is 1.35. The number of methoxy groups -OCH3 is 2. The molecule has 198 valence electrons. The van der Waals surface area contributed by atoms with Crippen molar-refractivity contribution in [2.75, 3.05) is 32.6 Å². The molecular weight excluding hydrogens is 486 g/mol. The van der Waals surface area contributed by atoms with Gasteiger partial charge in [-0.05, 0) is 55.0 Å². The molecule has 3 aromatic carbocycles. The Bertz CT molecular complexity index is 1330. The number of nitrogens with one attached hydrogen (secondary N) is 1. The van der Waals surface area contributed by atoms with E-state index in [1.165, 1.54) is 26.4 Å². The second kappa shape index (κ2) is 11.8. The van der Waals surface area contributed by atoms with Crippen molar-refractivity contribution in [1.29, 1.82) is 0 Å². The van der Waals surface area contributed by atoms with E-state index in [9.17, 15) is 19.7 Å². The number of nitro benzene ring substituents is 1. The summed E-state index contributed by atoms with van der Waals surface area (Å²) < 4.78 is 10.3. The van der Waals surface area contributed by atoms with Crippen molar-refractivity contribution in [2.45, 2.75) is 32.1 Å². The van der Waals surface area contributed by atoms with Crippen molar-refractivity contribution in [3.05, 3.63) is 93.0 Å². The fraction of sp³-hybridized carbons (Fsp3) is 0.310. The molecule has 0 spiro atoms. The van der Waals surface area contributed by atoms with Gasteiger partial charge >= 0.3 is 5.69 Å². The molecule has 1 heterocycles. The second-order valence-corrected chi connectivity index (χ2v) is 9.39. The number of nitro groups is 1. The lowest BCUT2D eigenvalue weighted by molar-refractivity contribution is -0.385. The molecule has 0 aromatic heterocycles. The normalized spacial score (nSPS) is 13.6. The Labute approximate surface area is 221 Å². The average Bonchev–Trinajstić information content (AvgIpc) is 2.92. The van der Waals surface area contributed by atoms with Crippen LogP contribution in [0.5, 0.6) is 11.5 Å². The first-order valence-electron chi connectivity index (χ1n) is 12.4. The SMILES string of the molecule is COc1cc(C(=O)N2CCC(c3ccc(NC(=O)Cc4cccc(C)c4)cc3)CC2)cc([N+](=O)[O-])c1OC. The minimum absolute atomic E-state index is 0.0115. The van der Waals surface area contributed by atoms with Crippen molar-refractivity contribution in [2.24, 2.45) is 0 Å². The van der Waals surface area contributed by atoms with Gasteiger partial charge in [0.2, 0.25) is 11.7 Å². The predicted molar refractivity (Wildman–Crippen MR) is 144 cm³/mol. The Morgan fingerprint density at radius 3 is 2.34 bits per heavy atom.